The quantitative estimate of drug-likeness (QED) is 0.699. The molecule has 0 fully saturated rings. The first-order valence-corrected chi connectivity index (χ1v) is 5.77. The Morgan fingerprint density at radius 1 is 1.22 bits per heavy atom. The molecule has 0 saturated carbocycles. The average Bonchev–Trinajstić information content (AvgIpc) is 2.26. The molecule has 0 radical (unpaired) electrons. The summed E-state index contributed by atoms with van der Waals surface area (Å²) in [7, 11) is 0. The Morgan fingerprint density at radius 3 is 2.39 bits per heavy atom. The summed E-state index contributed by atoms with van der Waals surface area (Å²) in [5.74, 6) is -0.547. The summed E-state index contributed by atoms with van der Waals surface area (Å²) in [6, 6.07) is 9.20. The Morgan fingerprint density at radius 2 is 1.83 bits per heavy atom. The summed E-state index contributed by atoms with van der Waals surface area (Å²) in [5.41, 5.74) is 5.39. The molecule has 0 aromatic heterocycles. The second-order valence-electron chi connectivity index (χ2n) is 4.79. The fourth-order valence-electron chi connectivity index (χ4n) is 1.54. The fraction of sp³-hybridized carbons (Fsp3) is 0.385. The van der Waals surface area contributed by atoms with Gasteiger partial charge in [0.05, 0.1) is 6.54 Å². The number of carbonyl (C=O) groups excluding carboxylic acids is 2. The number of hydrogen-bond donors (Lipinski definition) is 3. The number of carbonyl (C=O) groups is 2. The van der Waals surface area contributed by atoms with Crippen molar-refractivity contribution in [3.63, 3.8) is 0 Å². The first-order valence-electron chi connectivity index (χ1n) is 5.77. The van der Waals surface area contributed by atoms with Crippen LogP contribution in [0.2, 0.25) is 0 Å². The minimum Gasteiger partial charge on any atom is -0.370 e. The number of nitrogens with two attached hydrogens (primary N) is 1. The molecule has 0 spiro atoms. The normalized spacial score (nSPS) is 11.0. The van der Waals surface area contributed by atoms with Crippen LogP contribution in [0, 0.1) is 0 Å². The molecule has 98 valence electrons. The molecule has 1 rings (SSSR count). The van der Waals surface area contributed by atoms with Crippen LogP contribution in [0.15, 0.2) is 30.3 Å². The van der Waals surface area contributed by atoms with E-state index in [1.54, 1.807) is 0 Å². The number of nitrogens with one attached hydrogen (secondary N) is 2. The molecule has 0 bridgehead atoms. The molecule has 18 heavy (non-hydrogen) atoms. The minimum absolute atomic E-state index is 0.134. The van der Waals surface area contributed by atoms with Crippen LogP contribution in [-0.4, -0.2) is 23.9 Å². The van der Waals surface area contributed by atoms with E-state index in [0.29, 0.717) is 0 Å². The lowest BCUT2D eigenvalue weighted by atomic mass is 10.0. The summed E-state index contributed by atoms with van der Waals surface area (Å²) >= 11 is 0. The number of amides is 2. The van der Waals surface area contributed by atoms with Crippen molar-refractivity contribution in [2.75, 3.05) is 11.9 Å². The van der Waals surface area contributed by atoms with Crippen molar-refractivity contribution in [1.29, 1.82) is 0 Å². The summed E-state index contributed by atoms with van der Waals surface area (Å²) in [4.78, 5) is 22.5. The third-order valence-corrected chi connectivity index (χ3v) is 2.40. The molecule has 4 N–H and O–H groups in total. The Hall–Kier alpha value is -1.88. The zero-order valence-electron chi connectivity index (χ0n) is 10.7. The van der Waals surface area contributed by atoms with Gasteiger partial charge in [-0.15, -0.1) is 0 Å². The minimum atomic E-state index is -0.486. The lowest BCUT2D eigenvalue weighted by molar-refractivity contribution is -0.120. The van der Waals surface area contributed by atoms with Gasteiger partial charge in [-0.25, -0.2) is 0 Å². The largest absolute Gasteiger partial charge is 0.370 e. The van der Waals surface area contributed by atoms with E-state index in [-0.39, 0.29) is 18.9 Å². The van der Waals surface area contributed by atoms with E-state index < -0.39 is 11.4 Å². The molecule has 0 atom stereocenters. The highest BCUT2D eigenvalue weighted by atomic mass is 16.2. The van der Waals surface area contributed by atoms with Crippen LogP contribution >= 0.6 is 0 Å². The highest BCUT2D eigenvalue weighted by molar-refractivity contribution is 5.92. The number of hydrogen-bond acceptors (Lipinski definition) is 3. The standard InChI is InChI=1S/C13H19N3O2/c1-13(2,8-11(14)17)15-9-12(18)16-10-6-4-3-5-7-10/h3-7,15H,8-9H2,1-2H3,(H2,14,17)(H,16,18). The highest BCUT2D eigenvalue weighted by Crippen LogP contribution is 2.07. The molecule has 0 heterocycles. The van der Waals surface area contributed by atoms with E-state index in [2.05, 4.69) is 10.6 Å². The molecule has 0 aliphatic rings. The number of primary amides is 1. The van der Waals surface area contributed by atoms with Gasteiger partial charge in [0.2, 0.25) is 11.8 Å². The molecule has 2 amide bonds. The number of rotatable bonds is 6. The van der Waals surface area contributed by atoms with Gasteiger partial charge in [-0.05, 0) is 26.0 Å². The Balaban J connectivity index is 2.40. The van der Waals surface area contributed by atoms with Gasteiger partial charge in [0, 0.05) is 17.6 Å². The maximum atomic E-state index is 11.7. The smallest absolute Gasteiger partial charge is 0.238 e. The third-order valence-electron chi connectivity index (χ3n) is 2.40. The molecule has 0 aliphatic heterocycles. The predicted molar refractivity (Wildman–Crippen MR) is 71.0 cm³/mol. The van der Waals surface area contributed by atoms with E-state index in [1.165, 1.54) is 0 Å². The van der Waals surface area contributed by atoms with Crippen molar-refractivity contribution in [3.05, 3.63) is 30.3 Å². The molecular weight excluding hydrogens is 230 g/mol. The average molecular weight is 249 g/mol. The van der Waals surface area contributed by atoms with Crippen molar-refractivity contribution in [2.45, 2.75) is 25.8 Å². The lowest BCUT2D eigenvalue weighted by Gasteiger charge is -2.24. The maximum absolute atomic E-state index is 11.7. The highest BCUT2D eigenvalue weighted by Gasteiger charge is 2.20. The molecule has 5 nitrogen and oxygen atoms in total. The van der Waals surface area contributed by atoms with E-state index in [1.807, 2.05) is 44.2 Å². The Labute approximate surface area is 107 Å². The Bertz CT molecular complexity index is 416. The van der Waals surface area contributed by atoms with Crippen LogP contribution in [0.5, 0.6) is 0 Å². The van der Waals surface area contributed by atoms with Crippen LogP contribution in [0.25, 0.3) is 0 Å². The second-order valence-corrected chi connectivity index (χ2v) is 4.79. The van der Waals surface area contributed by atoms with Gasteiger partial charge in [0.1, 0.15) is 0 Å². The molecule has 1 aromatic rings. The molecule has 0 aliphatic carbocycles. The molecular formula is C13H19N3O2. The van der Waals surface area contributed by atoms with Crippen molar-refractivity contribution >= 4 is 17.5 Å². The molecule has 1 aromatic carbocycles. The van der Waals surface area contributed by atoms with E-state index >= 15 is 0 Å². The van der Waals surface area contributed by atoms with Crippen molar-refractivity contribution in [2.24, 2.45) is 5.73 Å². The first-order chi connectivity index (χ1) is 8.39. The SMILES string of the molecule is CC(C)(CC(N)=O)NCC(=O)Nc1ccccc1. The van der Waals surface area contributed by atoms with Crippen LogP contribution in [0.4, 0.5) is 5.69 Å². The summed E-state index contributed by atoms with van der Waals surface area (Å²) in [5, 5.41) is 5.75. The van der Waals surface area contributed by atoms with Gasteiger partial charge < -0.3 is 16.4 Å². The third kappa shape index (κ3) is 5.45. The number of para-hydroxylation sites is 1. The second kappa shape index (κ2) is 6.16. The summed E-state index contributed by atoms with van der Waals surface area (Å²) in [6.07, 6.45) is 0.186. The fourth-order valence-corrected chi connectivity index (χ4v) is 1.54. The van der Waals surface area contributed by atoms with Crippen LogP contribution in [0.3, 0.4) is 0 Å². The van der Waals surface area contributed by atoms with Crippen molar-refractivity contribution in [3.8, 4) is 0 Å². The lowest BCUT2D eigenvalue weighted by Crippen LogP contribution is -2.46. The molecule has 0 saturated heterocycles. The van der Waals surface area contributed by atoms with Gasteiger partial charge in [0.15, 0.2) is 0 Å². The monoisotopic (exact) mass is 249 g/mol. The molecule has 5 heteroatoms. The number of benzene rings is 1. The topological polar surface area (TPSA) is 84.2 Å². The van der Waals surface area contributed by atoms with Gasteiger partial charge in [-0.1, -0.05) is 18.2 Å². The maximum Gasteiger partial charge on any atom is 0.238 e. The Kier molecular flexibility index (Phi) is 4.85. The van der Waals surface area contributed by atoms with Gasteiger partial charge in [0.25, 0.3) is 0 Å². The van der Waals surface area contributed by atoms with E-state index in [4.69, 9.17) is 5.73 Å². The molecule has 0 unspecified atom stereocenters. The van der Waals surface area contributed by atoms with Crippen LogP contribution in [-0.2, 0) is 9.59 Å². The van der Waals surface area contributed by atoms with Crippen LogP contribution < -0.4 is 16.4 Å². The van der Waals surface area contributed by atoms with Gasteiger partial charge >= 0.3 is 0 Å². The first kappa shape index (κ1) is 14.2. The van der Waals surface area contributed by atoms with Crippen molar-refractivity contribution in [1.82, 2.24) is 5.32 Å². The van der Waals surface area contributed by atoms with Gasteiger partial charge in [-0.3, -0.25) is 9.59 Å². The van der Waals surface area contributed by atoms with Crippen molar-refractivity contribution < 1.29 is 9.59 Å². The van der Waals surface area contributed by atoms with E-state index in [9.17, 15) is 9.59 Å². The van der Waals surface area contributed by atoms with Gasteiger partial charge in [-0.2, -0.15) is 0 Å². The van der Waals surface area contributed by atoms with Crippen LogP contribution in [0.1, 0.15) is 20.3 Å². The predicted octanol–water partition coefficient (Wildman–Crippen LogP) is 0.869. The number of anilines is 1. The summed E-state index contributed by atoms with van der Waals surface area (Å²) < 4.78 is 0. The summed E-state index contributed by atoms with van der Waals surface area (Å²) in [6.45, 7) is 3.79. The zero-order chi connectivity index (χ0) is 13.6. The zero-order valence-corrected chi connectivity index (χ0v) is 10.7. The van der Waals surface area contributed by atoms with E-state index in [0.717, 1.165) is 5.69 Å².